The Balaban J connectivity index is 1.50. The number of anilines is 1. The van der Waals surface area contributed by atoms with Crippen LogP contribution in [0.1, 0.15) is 34.4 Å². The Morgan fingerprint density at radius 3 is 2.63 bits per heavy atom. The quantitative estimate of drug-likeness (QED) is 0.822. The van der Waals surface area contributed by atoms with Crippen molar-refractivity contribution < 1.29 is 13.7 Å². The molecule has 0 radical (unpaired) electrons. The molecule has 27 heavy (non-hydrogen) atoms. The number of fused-ring (bicyclic) bond motifs is 3. The van der Waals surface area contributed by atoms with Crippen LogP contribution in [0.25, 0.3) is 0 Å². The Morgan fingerprint density at radius 1 is 1.30 bits per heavy atom. The van der Waals surface area contributed by atoms with E-state index in [1.165, 1.54) is 22.3 Å². The summed E-state index contributed by atoms with van der Waals surface area (Å²) in [5.41, 5.74) is 6.23. The molecule has 1 unspecified atom stereocenters. The molecule has 1 atom stereocenters. The van der Waals surface area contributed by atoms with Crippen molar-refractivity contribution in [2.45, 2.75) is 50.5 Å². The van der Waals surface area contributed by atoms with Crippen molar-refractivity contribution in [3.8, 4) is 5.88 Å². The van der Waals surface area contributed by atoms with Gasteiger partial charge in [-0.25, -0.2) is 18.8 Å². The molecule has 9 heteroatoms. The zero-order valence-electron chi connectivity index (χ0n) is 15.1. The summed E-state index contributed by atoms with van der Waals surface area (Å²) in [5, 5.41) is 13.2. The highest BCUT2D eigenvalue weighted by atomic mass is 32.2. The predicted molar refractivity (Wildman–Crippen MR) is 100 cm³/mol. The molecule has 0 spiro atoms. The van der Waals surface area contributed by atoms with Crippen LogP contribution in [-0.4, -0.2) is 26.6 Å². The molecular formula is C18H21N5O3S. The van der Waals surface area contributed by atoms with Crippen molar-refractivity contribution in [1.82, 2.24) is 9.78 Å². The summed E-state index contributed by atoms with van der Waals surface area (Å²) in [6.45, 7) is 2.87. The van der Waals surface area contributed by atoms with Gasteiger partial charge in [-0.1, -0.05) is 6.07 Å². The molecule has 2 heterocycles. The molecule has 1 aliphatic heterocycles. The molecule has 1 aromatic heterocycles. The number of rotatable bonds is 2. The molecule has 2 aliphatic carbocycles. The third-order valence-corrected chi connectivity index (χ3v) is 7.03. The molecule has 2 amide bonds. The minimum absolute atomic E-state index is 0.214. The number of nitrogens with two attached hydrogens (primary N) is 1. The number of aryl methyl sites for hydroxylation is 4. The van der Waals surface area contributed by atoms with E-state index in [9.17, 15) is 9.00 Å². The van der Waals surface area contributed by atoms with Gasteiger partial charge in [0.2, 0.25) is 5.88 Å². The fourth-order valence-electron chi connectivity index (χ4n) is 4.08. The first-order valence-corrected chi connectivity index (χ1v) is 10.7. The lowest BCUT2D eigenvalue weighted by Gasteiger charge is -2.31. The van der Waals surface area contributed by atoms with Crippen LogP contribution >= 0.6 is 0 Å². The number of aromatic nitrogens is 2. The Bertz CT molecular complexity index is 1080. The van der Waals surface area contributed by atoms with Crippen LogP contribution in [-0.2, 0) is 42.1 Å². The summed E-state index contributed by atoms with van der Waals surface area (Å²) in [7, 11) is -3.46. The maximum atomic E-state index is 13.1. The minimum atomic E-state index is -3.46. The van der Waals surface area contributed by atoms with Crippen molar-refractivity contribution >= 4 is 21.6 Å². The minimum Gasteiger partial charge on any atom is -0.477 e. The summed E-state index contributed by atoms with van der Waals surface area (Å²) in [4.78, 5) is 12.8. The Hall–Kier alpha value is -2.39. The lowest BCUT2D eigenvalue weighted by molar-refractivity contribution is 0.224. The van der Waals surface area contributed by atoms with Gasteiger partial charge in [-0.15, -0.1) is 4.36 Å². The third kappa shape index (κ3) is 2.56. The molecule has 8 nitrogen and oxygen atoms in total. The van der Waals surface area contributed by atoms with Gasteiger partial charge < -0.3 is 10.1 Å². The molecule has 5 rings (SSSR count). The molecular weight excluding hydrogens is 366 g/mol. The molecule has 0 saturated heterocycles. The third-order valence-electron chi connectivity index (χ3n) is 5.54. The van der Waals surface area contributed by atoms with Crippen LogP contribution in [0.3, 0.4) is 0 Å². The molecule has 2 aromatic rings. The molecule has 3 N–H and O–H groups in total. The second-order valence-electron chi connectivity index (χ2n) is 7.26. The van der Waals surface area contributed by atoms with Gasteiger partial charge in [-0.2, -0.15) is 5.10 Å². The number of nitrogens with zero attached hydrogens (tertiary/aromatic N) is 3. The van der Waals surface area contributed by atoms with E-state index in [2.05, 4.69) is 20.8 Å². The van der Waals surface area contributed by atoms with E-state index in [4.69, 9.17) is 9.88 Å². The zero-order chi connectivity index (χ0) is 18.8. The van der Waals surface area contributed by atoms with Crippen molar-refractivity contribution in [1.29, 1.82) is 0 Å². The fourth-order valence-corrected chi connectivity index (χ4v) is 5.34. The first-order chi connectivity index (χ1) is 12.9. The Labute approximate surface area is 157 Å². The average Bonchev–Trinajstić information content (AvgIpc) is 2.87. The van der Waals surface area contributed by atoms with Gasteiger partial charge in [0.1, 0.15) is 4.90 Å². The van der Waals surface area contributed by atoms with Crippen LogP contribution in [0, 0.1) is 6.92 Å². The van der Waals surface area contributed by atoms with Crippen LogP contribution in [0.4, 0.5) is 10.5 Å². The van der Waals surface area contributed by atoms with Crippen molar-refractivity contribution in [2.24, 2.45) is 9.50 Å². The number of benzene rings is 1. The number of carbonyl (C=O) groups is 1. The number of nitrogens with one attached hydrogen (secondary N) is 1. The van der Waals surface area contributed by atoms with Gasteiger partial charge in [0.25, 0.3) is 0 Å². The van der Waals surface area contributed by atoms with E-state index >= 15 is 0 Å². The standard InChI is InChI=1S/C18H21N5O3S/c1-10-16(17-23(21-10)7-2-8-26-17)27(19,25)22-18(24)20-15-13-5-3-11(13)9-12-4-6-14(12)15/h9H,2-8H2,1H3,(H3,19,20,22,24,25). The lowest BCUT2D eigenvalue weighted by atomic mass is 9.76. The lowest BCUT2D eigenvalue weighted by Crippen LogP contribution is -2.25. The van der Waals surface area contributed by atoms with Gasteiger partial charge >= 0.3 is 6.03 Å². The highest BCUT2D eigenvalue weighted by Gasteiger charge is 2.30. The molecule has 1 aromatic carbocycles. The number of carbonyl (C=O) groups excluding carboxylic acids is 1. The average molecular weight is 387 g/mol. The smallest absolute Gasteiger partial charge is 0.354 e. The van der Waals surface area contributed by atoms with E-state index in [0.717, 1.165) is 37.8 Å². The highest BCUT2D eigenvalue weighted by molar-refractivity contribution is 7.91. The SMILES string of the molecule is Cc1nn2c(c1S(N)(=O)=NC(=O)Nc1c3c(cc4c1CC4)CC3)OCCC2. The largest absolute Gasteiger partial charge is 0.477 e. The summed E-state index contributed by atoms with van der Waals surface area (Å²) >= 11 is 0. The van der Waals surface area contributed by atoms with Crippen LogP contribution < -0.4 is 15.2 Å². The van der Waals surface area contributed by atoms with Gasteiger partial charge in [0.15, 0.2) is 9.92 Å². The van der Waals surface area contributed by atoms with E-state index in [0.29, 0.717) is 24.7 Å². The second-order valence-corrected chi connectivity index (χ2v) is 8.99. The van der Waals surface area contributed by atoms with Crippen LogP contribution in [0.15, 0.2) is 15.3 Å². The summed E-state index contributed by atoms with van der Waals surface area (Å²) < 4.78 is 24.2. The number of hydrogen-bond donors (Lipinski definition) is 2. The van der Waals surface area contributed by atoms with Crippen molar-refractivity contribution in [3.05, 3.63) is 34.0 Å². The van der Waals surface area contributed by atoms with Crippen LogP contribution in [0.2, 0.25) is 0 Å². The molecule has 142 valence electrons. The monoisotopic (exact) mass is 387 g/mol. The molecule has 0 fully saturated rings. The Morgan fingerprint density at radius 2 is 2.00 bits per heavy atom. The van der Waals surface area contributed by atoms with Crippen molar-refractivity contribution in [2.75, 3.05) is 11.9 Å². The van der Waals surface area contributed by atoms with E-state index in [1.807, 2.05) is 0 Å². The van der Waals surface area contributed by atoms with Gasteiger partial charge in [0.05, 0.1) is 12.3 Å². The highest BCUT2D eigenvalue weighted by Crippen LogP contribution is 2.40. The normalized spacial score (nSPS) is 18.6. The maximum absolute atomic E-state index is 13.1. The molecule has 0 bridgehead atoms. The number of urea groups is 1. The van der Waals surface area contributed by atoms with Gasteiger partial charge in [0, 0.05) is 18.7 Å². The van der Waals surface area contributed by atoms with Crippen molar-refractivity contribution in [3.63, 3.8) is 0 Å². The fraction of sp³-hybridized carbons (Fsp3) is 0.444. The summed E-state index contributed by atoms with van der Waals surface area (Å²) in [6.07, 6.45) is 4.78. The number of ether oxygens (including phenoxy) is 1. The zero-order valence-corrected chi connectivity index (χ0v) is 15.9. The second kappa shape index (κ2) is 5.80. The molecule has 3 aliphatic rings. The molecule has 0 saturated carbocycles. The summed E-state index contributed by atoms with van der Waals surface area (Å²) in [5.74, 6) is 0.357. The first kappa shape index (κ1) is 16.8. The van der Waals surface area contributed by atoms with E-state index < -0.39 is 15.9 Å². The van der Waals surface area contributed by atoms with Gasteiger partial charge in [-0.05, 0) is 54.9 Å². The van der Waals surface area contributed by atoms with E-state index in [1.54, 1.807) is 11.6 Å². The maximum Gasteiger partial charge on any atom is 0.354 e. The topological polar surface area (TPSA) is 112 Å². The Kier molecular flexibility index (Phi) is 3.60. The number of hydrogen-bond acceptors (Lipinski definition) is 4. The number of amides is 2. The van der Waals surface area contributed by atoms with Gasteiger partial charge in [-0.3, -0.25) is 0 Å². The van der Waals surface area contributed by atoms with E-state index in [-0.39, 0.29) is 4.90 Å². The summed E-state index contributed by atoms with van der Waals surface area (Å²) in [6, 6.07) is 1.54. The predicted octanol–water partition coefficient (Wildman–Crippen LogP) is 2.10. The van der Waals surface area contributed by atoms with Crippen LogP contribution in [0.5, 0.6) is 5.88 Å². The first-order valence-electron chi connectivity index (χ1n) is 9.16.